The molecule has 0 N–H and O–H groups in total. The number of hydrogen-bond donors (Lipinski definition) is 0. The van der Waals surface area contributed by atoms with Crippen molar-refractivity contribution in [2.75, 3.05) is 0 Å². The Morgan fingerprint density at radius 1 is 0.727 bits per heavy atom. The van der Waals surface area contributed by atoms with E-state index in [1.807, 2.05) is 0 Å². The fourth-order valence-corrected chi connectivity index (χ4v) is 0.874. The summed E-state index contributed by atoms with van der Waals surface area (Å²) >= 11 is 0. The van der Waals surface area contributed by atoms with Crippen molar-refractivity contribution in [2.24, 2.45) is 0 Å². The fourth-order valence-electron chi connectivity index (χ4n) is 0.874. The van der Waals surface area contributed by atoms with E-state index in [1.54, 1.807) is 0 Å². The summed E-state index contributed by atoms with van der Waals surface area (Å²) in [6.07, 6.45) is 14.0. The minimum atomic E-state index is 0. The molecule has 0 atom stereocenters. The van der Waals surface area contributed by atoms with Crippen molar-refractivity contribution in [1.82, 2.24) is 0 Å². The molecule has 0 aliphatic heterocycles. The molecule has 0 unspecified atom stereocenters. The first-order valence-electron chi connectivity index (χ1n) is 3.32. The Labute approximate surface area is 104 Å². The van der Waals surface area contributed by atoms with Gasteiger partial charge in [-0.2, -0.15) is 0 Å². The van der Waals surface area contributed by atoms with Crippen molar-refractivity contribution in [3.63, 3.8) is 0 Å². The molecule has 1 aliphatic rings. The largest absolute Gasteiger partial charge is 2.00 e. The molecule has 0 spiro atoms. The van der Waals surface area contributed by atoms with Crippen LogP contribution in [0.4, 0.5) is 0 Å². The molecule has 1 aliphatic carbocycles. The van der Waals surface area contributed by atoms with Gasteiger partial charge in [-0.05, 0) is 25.7 Å². The van der Waals surface area contributed by atoms with Gasteiger partial charge < -0.3 is 34.0 Å². The van der Waals surface area contributed by atoms with E-state index in [0.29, 0.717) is 0 Å². The van der Waals surface area contributed by atoms with Crippen LogP contribution in [-0.2, 0) is 20.4 Å². The van der Waals surface area contributed by atoms with E-state index < -0.39 is 0 Å². The van der Waals surface area contributed by atoms with Crippen LogP contribution in [0.15, 0.2) is 24.3 Å². The molecule has 68 valence electrons. The van der Waals surface area contributed by atoms with Crippen LogP contribution < -0.4 is 34.0 Å². The van der Waals surface area contributed by atoms with Gasteiger partial charge in [0.25, 0.3) is 0 Å². The van der Waals surface area contributed by atoms with E-state index in [4.69, 9.17) is 0 Å². The summed E-state index contributed by atoms with van der Waals surface area (Å²) in [4.78, 5) is 0. The summed E-state index contributed by atoms with van der Waals surface area (Å²) in [5, 5.41) is 0. The normalized spacial score (nSPS) is 14.5. The van der Waals surface area contributed by atoms with Crippen LogP contribution >= 0.6 is 0 Å². The maximum atomic E-state index is 2.23. The molecule has 3 heteroatoms. The van der Waals surface area contributed by atoms with Crippen LogP contribution in [0.25, 0.3) is 0 Å². The average Bonchev–Trinajstić information content (AvgIpc) is 1.62. The van der Waals surface area contributed by atoms with Gasteiger partial charge in [-0.1, -0.05) is 24.3 Å². The fraction of sp³-hybridized carbons (Fsp3) is 0.500. The van der Waals surface area contributed by atoms with Crippen LogP contribution in [0.2, 0.25) is 0 Å². The van der Waals surface area contributed by atoms with Crippen molar-refractivity contribution in [1.29, 1.82) is 0 Å². The van der Waals surface area contributed by atoms with E-state index in [9.17, 15) is 0 Å². The summed E-state index contributed by atoms with van der Waals surface area (Å²) in [5.74, 6) is 0. The van der Waals surface area contributed by atoms with Gasteiger partial charge in [0.1, 0.15) is 0 Å². The Balaban J connectivity index is -0.000000213. The average molecular weight is 374 g/mol. The molecule has 0 amide bonds. The molecular weight excluding hydrogens is 362 g/mol. The third-order valence-electron chi connectivity index (χ3n) is 1.37. The molecule has 0 saturated carbocycles. The summed E-state index contributed by atoms with van der Waals surface area (Å²) in [7, 11) is 0. The first-order chi connectivity index (χ1) is 4.00. The molecule has 0 fully saturated rings. The number of allylic oxidation sites excluding steroid dienone is 4. The molecule has 0 nitrogen and oxygen atoms in total. The molecule has 0 radical (unpaired) electrons. The van der Waals surface area contributed by atoms with Crippen molar-refractivity contribution < 1.29 is 54.4 Å². The van der Waals surface area contributed by atoms with Gasteiger partial charge in [-0.15, -0.1) is 0 Å². The monoisotopic (exact) mass is 372 g/mol. The van der Waals surface area contributed by atoms with Gasteiger partial charge in [-0.25, -0.2) is 0 Å². The molecule has 1 rings (SSSR count). The topological polar surface area (TPSA) is 0 Å². The van der Waals surface area contributed by atoms with Crippen LogP contribution in [-0.4, -0.2) is 0 Å². The Kier molecular flexibility index (Phi) is 22.4. The van der Waals surface area contributed by atoms with Gasteiger partial charge in [0.2, 0.25) is 0 Å². The summed E-state index contributed by atoms with van der Waals surface area (Å²) in [6.45, 7) is 0. The third-order valence-corrected chi connectivity index (χ3v) is 1.37. The van der Waals surface area contributed by atoms with Crippen molar-refractivity contribution in [3.05, 3.63) is 24.3 Å². The van der Waals surface area contributed by atoms with Crippen LogP contribution in [0, 0.1) is 0 Å². The quantitative estimate of drug-likeness (QED) is 0.390. The molecule has 0 heterocycles. The van der Waals surface area contributed by atoms with Crippen LogP contribution in [0.5, 0.6) is 0 Å². The zero-order valence-electron chi connectivity index (χ0n) is 6.21. The first kappa shape index (κ1) is 18.0. The molecule has 0 saturated heterocycles. The Morgan fingerprint density at radius 3 is 1.45 bits per heavy atom. The molecule has 0 aromatic rings. The zero-order chi connectivity index (χ0) is 5.66. The van der Waals surface area contributed by atoms with Gasteiger partial charge in [0.15, 0.2) is 0 Å². The maximum Gasteiger partial charge on any atom is 2.00 e. The summed E-state index contributed by atoms with van der Waals surface area (Å²) in [5.41, 5.74) is 0. The third kappa shape index (κ3) is 11.1. The van der Waals surface area contributed by atoms with Gasteiger partial charge >= 0.3 is 20.4 Å². The van der Waals surface area contributed by atoms with Gasteiger partial charge in [0, 0.05) is 0 Å². The number of halogens is 2. The standard InChI is InChI=1S/C8H12.2BrH.Pd/c1-2-4-6-8-7-5-3-1;;;/h1-4H,5-8H2;2*1H;/q;;;+2/p-2. The second-order valence-electron chi connectivity index (χ2n) is 2.14. The predicted octanol–water partition coefficient (Wildman–Crippen LogP) is -3.32. The van der Waals surface area contributed by atoms with Gasteiger partial charge in [-0.3, -0.25) is 0 Å². The van der Waals surface area contributed by atoms with Crippen LogP contribution in [0.3, 0.4) is 0 Å². The van der Waals surface area contributed by atoms with E-state index in [0.717, 1.165) is 0 Å². The minimum absolute atomic E-state index is 0. The maximum absolute atomic E-state index is 2.23. The van der Waals surface area contributed by atoms with Gasteiger partial charge in [0.05, 0.1) is 0 Å². The molecule has 11 heavy (non-hydrogen) atoms. The van der Waals surface area contributed by atoms with E-state index in [1.165, 1.54) is 25.7 Å². The molecule has 0 aromatic carbocycles. The number of hydrogen-bond acceptors (Lipinski definition) is 0. The molecule has 0 aromatic heterocycles. The Hall–Kier alpha value is 1.10. The second-order valence-corrected chi connectivity index (χ2v) is 2.14. The Bertz CT molecular complexity index is 96.7. The van der Waals surface area contributed by atoms with E-state index >= 15 is 0 Å². The first-order valence-corrected chi connectivity index (χ1v) is 3.32. The molecule has 0 bridgehead atoms. The smallest absolute Gasteiger partial charge is 1.00 e. The Morgan fingerprint density at radius 2 is 1.09 bits per heavy atom. The predicted molar refractivity (Wildman–Crippen MR) is 36.7 cm³/mol. The van der Waals surface area contributed by atoms with Crippen molar-refractivity contribution >= 4 is 0 Å². The summed E-state index contributed by atoms with van der Waals surface area (Å²) in [6, 6.07) is 0. The van der Waals surface area contributed by atoms with E-state index in [-0.39, 0.29) is 54.4 Å². The van der Waals surface area contributed by atoms with E-state index in [2.05, 4.69) is 24.3 Å². The summed E-state index contributed by atoms with van der Waals surface area (Å²) < 4.78 is 0. The van der Waals surface area contributed by atoms with Crippen molar-refractivity contribution in [3.8, 4) is 0 Å². The SMILES string of the molecule is C1=CCCCCC=C1.[Br-].[Br-].[Pd+2]. The van der Waals surface area contributed by atoms with Crippen molar-refractivity contribution in [2.45, 2.75) is 25.7 Å². The van der Waals surface area contributed by atoms with Crippen LogP contribution in [0.1, 0.15) is 25.7 Å². The molecular formula is C8H12Br2Pd. The zero-order valence-corrected chi connectivity index (χ0v) is 10.9. The second kappa shape index (κ2) is 13.7. The minimum Gasteiger partial charge on any atom is -1.00 e. The number of rotatable bonds is 0.